The lowest BCUT2D eigenvalue weighted by Crippen LogP contribution is -2.54. The molecular formula is C11H13NO5. The van der Waals surface area contributed by atoms with E-state index >= 15 is 0 Å². The Labute approximate surface area is 97.8 Å². The molecule has 1 fully saturated rings. The summed E-state index contributed by atoms with van der Waals surface area (Å²) in [7, 11) is 0. The van der Waals surface area contributed by atoms with Crippen molar-refractivity contribution in [3.05, 3.63) is 12.2 Å². The normalized spacial score (nSPS) is 41.8. The molecule has 0 aromatic heterocycles. The maximum absolute atomic E-state index is 11.5. The van der Waals surface area contributed by atoms with E-state index in [1.165, 1.54) is 0 Å². The SMILES string of the molecule is CCOC(=O)C1=NO[C@H]2C=CC3OC3[C@@]2(O)C1. The van der Waals surface area contributed by atoms with Crippen molar-refractivity contribution in [3.8, 4) is 0 Å². The molecule has 0 bridgehead atoms. The van der Waals surface area contributed by atoms with Crippen LogP contribution in [0.15, 0.2) is 17.3 Å². The molecule has 0 saturated carbocycles. The molecule has 4 atom stereocenters. The number of rotatable bonds is 2. The van der Waals surface area contributed by atoms with E-state index in [9.17, 15) is 9.90 Å². The number of fused-ring (bicyclic) bond motifs is 3. The highest BCUT2D eigenvalue weighted by molar-refractivity contribution is 6.36. The predicted octanol–water partition coefficient (Wildman–Crippen LogP) is -0.237. The van der Waals surface area contributed by atoms with Crippen LogP contribution in [-0.4, -0.2) is 47.3 Å². The molecule has 6 heteroatoms. The fourth-order valence-corrected chi connectivity index (χ4v) is 2.28. The minimum absolute atomic E-state index is 0.0682. The monoisotopic (exact) mass is 239 g/mol. The Kier molecular flexibility index (Phi) is 2.24. The predicted molar refractivity (Wildman–Crippen MR) is 56.3 cm³/mol. The van der Waals surface area contributed by atoms with Crippen LogP contribution in [0.2, 0.25) is 0 Å². The molecule has 1 saturated heterocycles. The summed E-state index contributed by atoms with van der Waals surface area (Å²) in [6, 6.07) is 0. The summed E-state index contributed by atoms with van der Waals surface area (Å²) in [5, 5.41) is 14.2. The van der Waals surface area contributed by atoms with Crippen molar-refractivity contribution in [2.45, 2.75) is 37.3 Å². The summed E-state index contributed by atoms with van der Waals surface area (Å²) < 4.78 is 10.1. The van der Waals surface area contributed by atoms with Crippen molar-refractivity contribution in [2.75, 3.05) is 6.61 Å². The highest BCUT2D eigenvalue weighted by Gasteiger charge is 2.62. The maximum atomic E-state index is 11.5. The van der Waals surface area contributed by atoms with Gasteiger partial charge in [-0.2, -0.15) is 0 Å². The van der Waals surface area contributed by atoms with Crippen molar-refractivity contribution in [3.63, 3.8) is 0 Å². The summed E-state index contributed by atoms with van der Waals surface area (Å²) >= 11 is 0. The molecule has 2 heterocycles. The number of carbonyl (C=O) groups is 1. The zero-order chi connectivity index (χ0) is 12.0. The lowest BCUT2D eigenvalue weighted by Gasteiger charge is -2.36. The molecule has 92 valence electrons. The fourth-order valence-electron chi connectivity index (χ4n) is 2.28. The minimum Gasteiger partial charge on any atom is -0.461 e. The van der Waals surface area contributed by atoms with Gasteiger partial charge in [-0.1, -0.05) is 11.2 Å². The molecule has 0 spiro atoms. The second-order valence-electron chi connectivity index (χ2n) is 4.36. The number of aliphatic hydroxyl groups is 1. The van der Waals surface area contributed by atoms with Gasteiger partial charge in [-0.25, -0.2) is 4.79 Å². The first-order valence-corrected chi connectivity index (χ1v) is 5.61. The summed E-state index contributed by atoms with van der Waals surface area (Å²) in [6.07, 6.45) is 2.74. The molecule has 2 unspecified atom stereocenters. The number of nitrogens with zero attached hydrogens (tertiary/aromatic N) is 1. The van der Waals surface area contributed by atoms with E-state index in [2.05, 4.69) is 5.16 Å². The third kappa shape index (κ3) is 1.56. The number of oxime groups is 1. The Bertz CT molecular complexity index is 418. The van der Waals surface area contributed by atoms with Gasteiger partial charge < -0.3 is 19.4 Å². The van der Waals surface area contributed by atoms with E-state index in [-0.39, 0.29) is 30.9 Å². The first-order valence-electron chi connectivity index (χ1n) is 5.61. The van der Waals surface area contributed by atoms with Gasteiger partial charge in [0.25, 0.3) is 0 Å². The number of carbonyl (C=O) groups excluding carboxylic acids is 1. The Morgan fingerprint density at radius 2 is 2.53 bits per heavy atom. The van der Waals surface area contributed by atoms with Crippen LogP contribution in [-0.2, 0) is 19.1 Å². The standard InChI is InChI=1S/C11H13NO5/c1-2-15-10(13)6-5-11(14)8(17-12-6)4-3-7-9(11)16-7/h3-4,7-9,14H,2,5H2,1H3/t7?,8-,9?,11+/m0/s1. The molecule has 0 aromatic carbocycles. The lowest BCUT2D eigenvalue weighted by molar-refractivity contribution is -0.139. The molecule has 17 heavy (non-hydrogen) atoms. The highest BCUT2D eigenvalue weighted by atomic mass is 16.7. The van der Waals surface area contributed by atoms with E-state index in [1.807, 2.05) is 6.08 Å². The number of ether oxygens (including phenoxy) is 2. The van der Waals surface area contributed by atoms with Gasteiger partial charge in [0.15, 0.2) is 11.8 Å². The zero-order valence-electron chi connectivity index (χ0n) is 9.33. The molecule has 0 amide bonds. The van der Waals surface area contributed by atoms with E-state index in [0.717, 1.165) is 0 Å². The number of esters is 1. The van der Waals surface area contributed by atoms with Crippen LogP contribution in [0.5, 0.6) is 0 Å². The van der Waals surface area contributed by atoms with Crippen LogP contribution < -0.4 is 0 Å². The van der Waals surface area contributed by atoms with E-state index in [1.54, 1.807) is 13.0 Å². The van der Waals surface area contributed by atoms with Gasteiger partial charge in [-0.3, -0.25) is 0 Å². The molecule has 0 aromatic rings. The van der Waals surface area contributed by atoms with Gasteiger partial charge in [0.05, 0.1) is 6.61 Å². The molecule has 1 aliphatic carbocycles. The average Bonchev–Trinajstić information content (AvgIpc) is 3.08. The maximum Gasteiger partial charge on any atom is 0.356 e. The van der Waals surface area contributed by atoms with Crippen molar-refractivity contribution < 1.29 is 24.2 Å². The van der Waals surface area contributed by atoms with E-state index < -0.39 is 17.7 Å². The Balaban J connectivity index is 1.82. The van der Waals surface area contributed by atoms with Crippen molar-refractivity contribution in [1.29, 1.82) is 0 Å². The van der Waals surface area contributed by atoms with Crippen LogP contribution in [0.1, 0.15) is 13.3 Å². The second kappa shape index (κ2) is 3.54. The average molecular weight is 239 g/mol. The van der Waals surface area contributed by atoms with Gasteiger partial charge in [0, 0.05) is 6.42 Å². The van der Waals surface area contributed by atoms with Gasteiger partial charge in [-0.05, 0) is 13.0 Å². The second-order valence-corrected chi connectivity index (χ2v) is 4.36. The summed E-state index contributed by atoms with van der Waals surface area (Å²) in [5.41, 5.74) is -1.10. The van der Waals surface area contributed by atoms with E-state index in [4.69, 9.17) is 14.3 Å². The van der Waals surface area contributed by atoms with Gasteiger partial charge in [0.2, 0.25) is 0 Å². The third-order valence-electron chi connectivity index (χ3n) is 3.22. The van der Waals surface area contributed by atoms with Crippen LogP contribution in [0, 0.1) is 0 Å². The van der Waals surface area contributed by atoms with Gasteiger partial charge in [-0.15, -0.1) is 0 Å². The summed E-state index contributed by atoms with van der Waals surface area (Å²) in [6.45, 7) is 1.98. The van der Waals surface area contributed by atoms with Gasteiger partial charge in [0.1, 0.15) is 17.8 Å². The molecule has 6 nitrogen and oxygen atoms in total. The topological polar surface area (TPSA) is 80.7 Å². The van der Waals surface area contributed by atoms with Crippen LogP contribution in [0.4, 0.5) is 0 Å². The lowest BCUT2D eigenvalue weighted by atomic mass is 9.81. The van der Waals surface area contributed by atoms with Crippen LogP contribution in [0.3, 0.4) is 0 Å². The van der Waals surface area contributed by atoms with Gasteiger partial charge >= 0.3 is 5.97 Å². The highest BCUT2D eigenvalue weighted by Crippen LogP contribution is 2.44. The summed E-state index contributed by atoms with van der Waals surface area (Å²) in [4.78, 5) is 16.7. The third-order valence-corrected chi connectivity index (χ3v) is 3.22. The van der Waals surface area contributed by atoms with Crippen LogP contribution >= 0.6 is 0 Å². The number of hydrogen-bond acceptors (Lipinski definition) is 6. The van der Waals surface area contributed by atoms with Crippen molar-refractivity contribution >= 4 is 11.7 Å². The van der Waals surface area contributed by atoms with Crippen molar-refractivity contribution in [2.24, 2.45) is 5.16 Å². The molecule has 2 aliphatic heterocycles. The van der Waals surface area contributed by atoms with E-state index in [0.29, 0.717) is 0 Å². The summed E-state index contributed by atoms with van der Waals surface area (Å²) in [5.74, 6) is -0.550. The largest absolute Gasteiger partial charge is 0.461 e. The first kappa shape index (κ1) is 10.7. The molecule has 0 radical (unpaired) electrons. The molecule has 1 N–H and O–H groups in total. The number of hydrogen-bond donors (Lipinski definition) is 1. The Morgan fingerprint density at radius 1 is 1.71 bits per heavy atom. The Hall–Kier alpha value is -1.40. The number of epoxide rings is 1. The first-order chi connectivity index (χ1) is 8.15. The molecular weight excluding hydrogens is 226 g/mol. The fraction of sp³-hybridized carbons (Fsp3) is 0.636. The molecule has 3 aliphatic rings. The quantitative estimate of drug-likeness (QED) is 0.409. The van der Waals surface area contributed by atoms with Crippen molar-refractivity contribution in [1.82, 2.24) is 0 Å². The Morgan fingerprint density at radius 3 is 3.29 bits per heavy atom. The zero-order valence-corrected chi connectivity index (χ0v) is 9.33. The smallest absolute Gasteiger partial charge is 0.356 e. The van der Waals surface area contributed by atoms with Crippen LogP contribution in [0.25, 0.3) is 0 Å². The minimum atomic E-state index is -1.21. The molecule has 3 rings (SSSR count).